The number of thiazole rings is 1. The zero-order valence-electron chi connectivity index (χ0n) is 12.1. The van der Waals surface area contributed by atoms with Crippen molar-refractivity contribution in [3.05, 3.63) is 59.1 Å². The number of allylic oxidation sites excluding steroid dienone is 1. The molecule has 1 aromatic heterocycles. The smallest absolute Gasteiger partial charge is 0.135 e. The predicted molar refractivity (Wildman–Crippen MR) is 90.7 cm³/mol. The van der Waals surface area contributed by atoms with Gasteiger partial charge in [0, 0.05) is 0 Å². The van der Waals surface area contributed by atoms with Crippen LogP contribution in [-0.4, -0.2) is 11.6 Å². The Kier molecular flexibility index (Phi) is 4.17. The van der Waals surface area contributed by atoms with Crippen LogP contribution in [0.4, 0.5) is 0 Å². The average molecular weight is 306 g/mol. The van der Waals surface area contributed by atoms with Crippen LogP contribution in [0.25, 0.3) is 21.9 Å². The second-order valence-electron chi connectivity index (χ2n) is 4.66. The molecule has 0 aliphatic heterocycles. The largest absolute Gasteiger partial charge is 0.494 e. The molecular formula is C18H14N2OS. The van der Waals surface area contributed by atoms with Crippen LogP contribution in [0.3, 0.4) is 0 Å². The predicted octanol–water partition coefficient (Wildman–Crippen LogP) is 4.76. The second-order valence-corrected chi connectivity index (χ2v) is 5.69. The molecule has 0 N–H and O–H groups in total. The van der Waals surface area contributed by atoms with Crippen LogP contribution in [0.5, 0.6) is 5.75 Å². The Morgan fingerprint density at radius 2 is 2.00 bits per heavy atom. The van der Waals surface area contributed by atoms with Crippen molar-refractivity contribution >= 4 is 33.2 Å². The normalized spacial score (nSPS) is 11.4. The molecule has 4 heteroatoms. The molecular weight excluding hydrogens is 292 g/mol. The Hall–Kier alpha value is -2.64. The molecule has 3 nitrogen and oxygen atoms in total. The van der Waals surface area contributed by atoms with Gasteiger partial charge in [-0.25, -0.2) is 4.98 Å². The van der Waals surface area contributed by atoms with Crippen LogP contribution in [0, 0.1) is 11.3 Å². The van der Waals surface area contributed by atoms with Gasteiger partial charge in [0.05, 0.1) is 22.4 Å². The Morgan fingerprint density at radius 3 is 2.68 bits per heavy atom. The van der Waals surface area contributed by atoms with E-state index in [0.29, 0.717) is 12.2 Å². The lowest BCUT2D eigenvalue weighted by atomic mass is 10.1. The van der Waals surface area contributed by atoms with Gasteiger partial charge in [0.1, 0.15) is 16.8 Å². The van der Waals surface area contributed by atoms with Gasteiger partial charge in [-0.1, -0.05) is 24.3 Å². The van der Waals surface area contributed by atoms with Gasteiger partial charge in [0.2, 0.25) is 0 Å². The number of fused-ring (bicyclic) bond motifs is 1. The van der Waals surface area contributed by atoms with Gasteiger partial charge >= 0.3 is 0 Å². The minimum absolute atomic E-state index is 0.574. The first-order valence-corrected chi connectivity index (χ1v) is 7.82. The molecule has 1 heterocycles. The third-order valence-corrected chi connectivity index (χ3v) is 4.22. The molecule has 0 aliphatic rings. The molecule has 22 heavy (non-hydrogen) atoms. The number of benzene rings is 2. The fourth-order valence-corrected chi connectivity index (χ4v) is 3.05. The molecule has 0 unspecified atom stereocenters. The van der Waals surface area contributed by atoms with Gasteiger partial charge in [-0.15, -0.1) is 11.3 Å². The second kappa shape index (κ2) is 6.42. The molecule has 0 spiro atoms. The number of nitriles is 1. The van der Waals surface area contributed by atoms with E-state index in [0.717, 1.165) is 26.5 Å². The molecule has 0 aliphatic carbocycles. The Labute approximate surface area is 133 Å². The van der Waals surface area contributed by atoms with Crippen LogP contribution in [0.2, 0.25) is 0 Å². The van der Waals surface area contributed by atoms with E-state index >= 15 is 0 Å². The first kappa shape index (κ1) is 14.3. The minimum atomic E-state index is 0.574. The summed E-state index contributed by atoms with van der Waals surface area (Å²) in [6.45, 7) is 2.60. The zero-order chi connectivity index (χ0) is 15.4. The van der Waals surface area contributed by atoms with E-state index in [2.05, 4.69) is 11.1 Å². The van der Waals surface area contributed by atoms with E-state index < -0.39 is 0 Å². The molecule has 0 atom stereocenters. The van der Waals surface area contributed by atoms with Gasteiger partial charge in [0.15, 0.2) is 0 Å². The van der Waals surface area contributed by atoms with Crippen molar-refractivity contribution in [2.75, 3.05) is 6.61 Å². The van der Waals surface area contributed by atoms with E-state index in [1.807, 2.05) is 61.5 Å². The van der Waals surface area contributed by atoms with Crippen LogP contribution in [0.15, 0.2) is 48.5 Å². The lowest BCUT2D eigenvalue weighted by molar-refractivity contribution is 0.340. The van der Waals surface area contributed by atoms with Crippen LogP contribution >= 0.6 is 11.3 Å². The number of rotatable bonds is 4. The van der Waals surface area contributed by atoms with Crippen LogP contribution in [0.1, 0.15) is 17.5 Å². The fourth-order valence-electron chi connectivity index (χ4n) is 2.12. The molecule has 0 fully saturated rings. The van der Waals surface area contributed by atoms with Crippen molar-refractivity contribution in [1.29, 1.82) is 5.26 Å². The van der Waals surface area contributed by atoms with Crippen molar-refractivity contribution in [3.8, 4) is 11.8 Å². The molecule has 2 aromatic carbocycles. The summed E-state index contributed by atoms with van der Waals surface area (Å²) in [4.78, 5) is 4.53. The maximum absolute atomic E-state index is 9.43. The number of nitrogens with zero attached hydrogens (tertiary/aromatic N) is 2. The standard InChI is InChI=1S/C18H14N2OS/c1-2-21-15-9-7-13(8-10-15)11-14(12-19)18-20-16-5-3-4-6-17(16)22-18/h3-11H,2H2,1H3/b14-11-. The lowest BCUT2D eigenvalue weighted by Crippen LogP contribution is -1.90. The summed E-state index contributed by atoms with van der Waals surface area (Å²) in [7, 11) is 0. The molecule has 0 amide bonds. The van der Waals surface area contributed by atoms with E-state index in [-0.39, 0.29) is 0 Å². The first-order chi connectivity index (χ1) is 10.8. The number of ether oxygens (including phenoxy) is 1. The van der Waals surface area contributed by atoms with E-state index in [9.17, 15) is 5.26 Å². The molecule has 0 saturated carbocycles. The highest BCUT2D eigenvalue weighted by molar-refractivity contribution is 7.19. The first-order valence-electron chi connectivity index (χ1n) is 7.01. The van der Waals surface area contributed by atoms with Gasteiger partial charge in [-0.05, 0) is 42.8 Å². The van der Waals surface area contributed by atoms with Crippen LogP contribution < -0.4 is 4.74 Å². The Morgan fingerprint density at radius 1 is 1.23 bits per heavy atom. The quantitative estimate of drug-likeness (QED) is 0.653. The third kappa shape index (κ3) is 3.00. The van der Waals surface area contributed by atoms with Gasteiger partial charge in [-0.3, -0.25) is 0 Å². The van der Waals surface area contributed by atoms with Crippen molar-refractivity contribution in [2.24, 2.45) is 0 Å². The summed E-state index contributed by atoms with van der Waals surface area (Å²) in [5.74, 6) is 0.832. The van der Waals surface area contributed by atoms with Gasteiger partial charge in [0.25, 0.3) is 0 Å². The lowest BCUT2D eigenvalue weighted by Gasteiger charge is -2.02. The minimum Gasteiger partial charge on any atom is -0.494 e. The topological polar surface area (TPSA) is 45.9 Å². The monoisotopic (exact) mass is 306 g/mol. The summed E-state index contributed by atoms with van der Waals surface area (Å²) in [6.07, 6.45) is 1.85. The fraction of sp³-hybridized carbons (Fsp3) is 0.111. The summed E-state index contributed by atoms with van der Waals surface area (Å²) < 4.78 is 6.51. The maximum atomic E-state index is 9.43. The van der Waals surface area contributed by atoms with E-state index in [4.69, 9.17) is 4.74 Å². The molecule has 3 aromatic rings. The summed E-state index contributed by atoms with van der Waals surface area (Å²) in [6, 6.07) is 17.8. The molecule has 0 saturated heterocycles. The molecule has 108 valence electrons. The van der Waals surface area contributed by atoms with Crippen molar-refractivity contribution in [2.45, 2.75) is 6.92 Å². The highest BCUT2D eigenvalue weighted by atomic mass is 32.1. The zero-order valence-corrected chi connectivity index (χ0v) is 12.9. The molecule has 0 bridgehead atoms. The highest BCUT2D eigenvalue weighted by Crippen LogP contribution is 2.28. The number of hydrogen-bond acceptors (Lipinski definition) is 4. The van der Waals surface area contributed by atoms with Crippen molar-refractivity contribution in [3.63, 3.8) is 0 Å². The molecule has 0 radical (unpaired) electrons. The maximum Gasteiger partial charge on any atom is 0.135 e. The van der Waals surface area contributed by atoms with E-state index in [1.165, 1.54) is 11.3 Å². The van der Waals surface area contributed by atoms with Gasteiger partial charge in [-0.2, -0.15) is 5.26 Å². The summed E-state index contributed by atoms with van der Waals surface area (Å²) in [5, 5.41) is 10.2. The highest BCUT2D eigenvalue weighted by Gasteiger charge is 2.08. The Bertz CT molecular complexity index is 824. The summed E-state index contributed by atoms with van der Waals surface area (Å²) >= 11 is 1.53. The average Bonchev–Trinajstić information content (AvgIpc) is 2.98. The number of aromatic nitrogens is 1. The van der Waals surface area contributed by atoms with Gasteiger partial charge < -0.3 is 4.74 Å². The Balaban J connectivity index is 1.94. The van der Waals surface area contributed by atoms with E-state index in [1.54, 1.807) is 0 Å². The SMILES string of the molecule is CCOc1ccc(/C=C(/C#N)c2nc3ccccc3s2)cc1. The summed E-state index contributed by atoms with van der Waals surface area (Å²) in [5.41, 5.74) is 2.46. The third-order valence-electron chi connectivity index (χ3n) is 3.15. The number of para-hydroxylation sites is 1. The van der Waals surface area contributed by atoms with Crippen molar-refractivity contribution < 1.29 is 4.74 Å². The van der Waals surface area contributed by atoms with Crippen LogP contribution in [-0.2, 0) is 0 Å². The van der Waals surface area contributed by atoms with Crippen molar-refractivity contribution in [1.82, 2.24) is 4.98 Å². The molecule has 3 rings (SSSR count). The number of hydrogen-bond donors (Lipinski definition) is 0.